The predicted octanol–water partition coefficient (Wildman–Crippen LogP) is 6.26. The third kappa shape index (κ3) is 5.78. The monoisotopic (exact) mass is 620 g/mol. The van der Waals surface area contributed by atoms with Gasteiger partial charge in [-0.1, -0.05) is 48.5 Å². The number of imidazole rings is 1. The maximum atomic E-state index is 14.5. The second-order valence-corrected chi connectivity index (χ2v) is 12.1. The molecule has 0 saturated carbocycles. The molecule has 0 spiro atoms. The number of hydrogen-bond donors (Lipinski definition) is 1. The van der Waals surface area contributed by atoms with Crippen LogP contribution in [0.5, 0.6) is 0 Å². The first-order chi connectivity index (χ1) is 22.0. The average Bonchev–Trinajstić information content (AvgIpc) is 3.48. The van der Waals surface area contributed by atoms with Crippen LogP contribution in [0, 0.1) is 25.1 Å². The van der Waals surface area contributed by atoms with Crippen LogP contribution in [0.1, 0.15) is 47.8 Å². The Bertz CT molecular complexity index is 1820. The van der Waals surface area contributed by atoms with Gasteiger partial charge < -0.3 is 19.1 Å². The fourth-order valence-electron chi connectivity index (χ4n) is 6.37. The van der Waals surface area contributed by atoms with E-state index in [-0.39, 0.29) is 30.8 Å². The molecule has 2 aliphatic heterocycles. The lowest BCUT2D eigenvalue weighted by Crippen LogP contribution is -2.71. The van der Waals surface area contributed by atoms with Crippen molar-refractivity contribution in [2.75, 3.05) is 19.6 Å². The maximum Gasteiger partial charge on any atom is 0.410 e. The van der Waals surface area contributed by atoms with Crippen LogP contribution in [0.4, 0.5) is 9.18 Å². The number of ether oxygens (including phenoxy) is 1. The number of aromatic nitrogens is 2. The molecule has 6 rings (SSSR count). The van der Waals surface area contributed by atoms with Gasteiger partial charge in [-0.3, -0.25) is 15.1 Å². The SMILES string of the molecule is Cc1cn(-c2ccc(/C=C3/C(=O)N(C(C)c4ccc(F)cc4)C(=N)N4CCN(C(=O)OCc5ccccc5)CC34C)cc2C)cn1. The lowest BCUT2D eigenvalue weighted by molar-refractivity contribution is -0.130. The van der Waals surface area contributed by atoms with Gasteiger partial charge in [-0.25, -0.2) is 14.2 Å². The van der Waals surface area contributed by atoms with Crippen LogP contribution < -0.4 is 0 Å². The zero-order valence-corrected chi connectivity index (χ0v) is 26.4. The molecule has 10 heteroatoms. The van der Waals surface area contributed by atoms with E-state index in [0.717, 1.165) is 28.1 Å². The van der Waals surface area contributed by atoms with Gasteiger partial charge in [0.2, 0.25) is 5.96 Å². The summed E-state index contributed by atoms with van der Waals surface area (Å²) in [5.74, 6) is -0.670. The van der Waals surface area contributed by atoms with Gasteiger partial charge >= 0.3 is 6.09 Å². The van der Waals surface area contributed by atoms with Crippen molar-refractivity contribution >= 4 is 24.0 Å². The Morgan fingerprint density at radius 2 is 1.83 bits per heavy atom. The summed E-state index contributed by atoms with van der Waals surface area (Å²) in [7, 11) is 0. The molecule has 0 bridgehead atoms. The Morgan fingerprint density at radius 3 is 2.50 bits per heavy atom. The maximum absolute atomic E-state index is 14.5. The van der Waals surface area contributed by atoms with Crippen molar-refractivity contribution in [3.05, 3.63) is 125 Å². The van der Waals surface area contributed by atoms with Crippen LogP contribution >= 0.6 is 0 Å². The van der Waals surface area contributed by atoms with Crippen molar-refractivity contribution in [3.63, 3.8) is 0 Å². The molecular weight excluding hydrogens is 583 g/mol. The molecule has 0 radical (unpaired) electrons. The minimum absolute atomic E-state index is 0.0424. The average molecular weight is 621 g/mol. The van der Waals surface area contributed by atoms with Crippen molar-refractivity contribution < 1.29 is 18.7 Å². The molecule has 236 valence electrons. The number of nitrogens with zero attached hydrogens (tertiary/aromatic N) is 5. The summed E-state index contributed by atoms with van der Waals surface area (Å²) < 4.78 is 21.4. The summed E-state index contributed by atoms with van der Waals surface area (Å²) in [6.45, 7) is 8.62. The number of amides is 2. The molecule has 1 aromatic heterocycles. The molecule has 2 amide bonds. The molecule has 2 saturated heterocycles. The number of rotatable bonds is 6. The van der Waals surface area contributed by atoms with E-state index in [2.05, 4.69) is 4.98 Å². The summed E-state index contributed by atoms with van der Waals surface area (Å²) in [5, 5.41) is 9.23. The largest absolute Gasteiger partial charge is 0.445 e. The molecule has 46 heavy (non-hydrogen) atoms. The smallest absolute Gasteiger partial charge is 0.410 e. The number of hydrogen-bond acceptors (Lipinski definition) is 5. The quantitative estimate of drug-likeness (QED) is 0.257. The van der Waals surface area contributed by atoms with Crippen molar-refractivity contribution in [2.24, 2.45) is 0 Å². The highest BCUT2D eigenvalue weighted by atomic mass is 19.1. The van der Waals surface area contributed by atoms with Crippen molar-refractivity contribution in [2.45, 2.75) is 45.9 Å². The Balaban J connectivity index is 1.36. The lowest BCUT2D eigenvalue weighted by Gasteiger charge is -2.56. The number of carbonyl (C=O) groups excluding carboxylic acids is 2. The number of benzene rings is 3. The first-order valence-corrected chi connectivity index (χ1v) is 15.3. The Kier molecular flexibility index (Phi) is 8.20. The summed E-state index contributed by atoms with van der Waals surface area (Å²) in [6, 6.07) is 20.9. The Morgan fingerprint density at radius 1 is 1.09 bits per heavy atom. The first-order valence-electron chi connectivity index (χ1n) is 15.3. The molecule has 2 atom stereocenters. The highest BCUT2D eigenvalue weighted by Crippen LogP contribution is 2.40. The van der Waals surface area contributed by atoms with E-state index in [4.69, 9.17) is 4.74 Å². The molecule has 3 heterocycles. The molecule has 1 N–H and O–H groups in total. The molecule has 2 unspecified atom stereocenters. The van der Waals surface area contributed by atoms with Gasteiger partial charge in [0.05, 0.1) is 30.1 Å². The fourth-order valence-corrected chi connectivity index (χ4v) is 6.37. The number of piperazine rings is 1. The van der Waals surface area contributed by atoms with Crippen LogP contribution in [0.3, 0.4) is 0 Å². The molecule has 0 aliphatic carbocycles. The third-order valence-electron chi connectivity index (χ3n) is 8.93. The van der Waals surface area contributed by atoms with Gasteiger partial charge in [-0.2, -0.15) is 0 Å². The van der Waals surface area contributed by atoms with Gasteiger partial charge in [0.25, 0.3) is 5.91 Å². The predicted molar refractivity (Wildman–Crippen MR) is 174 cm³/mol. The Hall–Kier alpha value is -5.25. The van der Waals surface area contributed by atoms with Gasteiger partial charge in [-0.05, 0) is 80.3 Å². The van der Waals surface area contributed by atoms with Crippen LogP contribution in [0.2, 0.25) is 0 Å². The number of aryl methyl sites for hydroxylation is 2. The van der Waals surface area contributed by atoms with Gasteiger partial charge in [-0.15, -0.1) is 0 Å². The fraction of sp³-hybridized carbons (Fsp3) is 0.278. The minimum Gasteiger partial charge on any atom is -0.445 e. The van der Waals surface area contributed by atoms with E-state index in [9.17, 15) is 19.4 Å². The van der Waals surface area contributed by atoms with Crippen LogP contribution in [0.15, 0.2) is 90.9 Å². The number of carbonyl (C=O) groups is 2. The van der Waals surface area contributed by atoms with E-state index in [1.54, 1.807) is 23.4 Å². The summed E-state index contributed by atoms with van der Waals surface area (Å²) in [4.78, 5) is 37.1. The lowest BCUT2D eigenvalue weighted by atomic mass is 9.82. The van der Waals surface area contributed by atoms with Crippen molar-refractivity contribution in [1.29, 1.82) is 5.41 Å². The van der Waals surface area contributed by atoms with E-state index in [1.807, 2.05) is 98.0 Å². The highest BCUT2D eigenvalue weighted by molar-refractivity contribution is 6.12. The van der Waals surface area contributed by atoms with Crippen molar-refractivity contribution in [1.82, 2.24) is 24.3 Å². The van der Waals surface area contributed by atoms with Crippen molar-refractivity contribution in [3.8, 4) is 5.69 Å². The normalized spacial score (nSPS) is 19.8. The topological polar surface area (TPSA) is 94.8 Å². The zero-order valence-electron chi connectivity index (χ0n) is 26.4. The van der Waals surface area contributed by atoms with Gasteiger partial charge in [0, 0.05) is 30.5 Å². The number of nitrogens with one attached hydrogen (secondary N) is 1. The number of guanidine groups is 1. The summed E-state index contributed by atoms with van der Waals surface area (Å²) in [5.41, 5.74) is 4.73. The van der Waals surface area contributed by atoms with E-state index < -0.39 is 17.7 Å². The van der Waals surface area contributed by atoms with Crippen LogP contribution in [-0.4, -0.2) is 67.4 Å². The number of halogens is 1. The highest BCUT2D eigenvalue weighted by Gasteiger charge is 2.53. The van der Waals surface area contributed by atoms with E-state index >= 15 is 0 Å². The summed E-state index contributed by atoms with van der Waals surface area (Å²) >= 11 is 0. The minimum atomic E-state index is -1.01. The molecular formula is C36H37FN6O3. The number of fused-ring (bicyclic) bond motifs is 1. The zero-order chi connectivity index (χ0) is 32.6. The molecule has 9 nitrogen and oxygen atoms in total. The first kappa shape index (κ1) is 30.8. The Labute approximate surface area is 268 Å². The van der Waals surface area contributed by atoms with Gasteiger partial charge in [0.15, 0.2) is 0 Å². The molecule has 2 fully saturated rings. The second kappa shape index (κ2) is 12.3. The van der Waals surface area contributed by atoms with Crippen LogP contribution in [0.25, 0.3) is 11.8 Å². The van der Waals surface area contributed by atoms with Gasteiger partial charge in [0.1, 0.15) is 12.4 Å². The van der Waals surface area contributed by atoms with Crippen LogP contribution in [-0.2, 0) is 16.1 Å². The standard InChI is InChI=1S/C36H37FN6O3/c1-24-18-28(10-15-32(24)41-20-25(2)39-23-41)19-31-33(44)43(26(3)29-11-13-30(37)14-12-29)34(38)42-17-16-40(22-36(31,42)4)35(45)46-21-27-8-6-5-7-9-27/h5-15,18-20,23,26,38H,16-17,21-22H2,1-4H3/b31-19-,38-34?. The van der Waals surface area contributed by atoms with E-state index in [0.29, 0.717) is 24.2 Å². The third-order valence-corrected chi connectivity index (χ3v) is 8.93. The molecule has 2 aliphatic rings. The molecule has 3 aromatic carbocycles. The summed E-state index contributed by atoms with van der Waals surface area (Å²) in [6.07, 6.45) is 5.12. The molecule has 4 aromatic rings. The second-order valence-electron chi connectivity index (χ2n) is 12.1. The van der Waals surface area contributed by atoms with E-state index in [1.165, 1.54) is 17.0 Å².